The van der Waals surface area contributed by atoms with Crippen LogP contribution in [0.1, 0.15) is 25.7 Å². The summed E-state index contributed by atoms with van der Waals surface area (Å²) in [6, 6.07) is 0. The van der Waals surface area contributed by atoms with Crippen molar-refractivity contribution in [2.24, 2.45) is 0 Å². The summed E-state index contributed by atoms with van der Waals surface area (Å²) >= 11 is 2.21. The van der Waals surface area contributed by atoms with Gasteiger partial charge in [-0.3, -0.25) is 0 Å². The predicted octanol–water partition coefficient (Wildman–Crippen LogP) is 1.81. The second-order valence-corrected chi connectivity index (χ2v) is 5.44. The largest absolute Gasteiger partial charge is 0.370 e. The lowest BCUT2D eigenvalue weighted by Crippen LogP contribution is -2.24. The molecule has 1 nitrogen and oxygen atoms in total. The van der Waals surface area contributed by atoms with Gasteiger partial charge >= 0.3 is 0 Å². The van der Waals surface area contributed by atoms with Gasteiger partial charge in [0.25, 0.3) is 0 Å². The number of fused-ring (bicyclic) bond motifs is 2. The Morgan fingerprint density at radius 1 is 1.20 bits per heavy atom. The minimum absolute atomic E-state index is 0.414. The fourth-order valence-corrected chi connectivity index (χ4v) is 4.22. The van der Waals surface area contributed by atoms with Crippen LogP contribution in [0, 0.1) is 0 Å². The van der Waals surface area contributed by atoms with E-state index in [2.05, 4.69) is 11.8 Å². The summed E-state index contributed by atoms with van der Waals surface area (Å²) in [7, 11) is 0. The summed E-state index contributed by atoms with van der Waals surface area (Å²) in [6.45, 7) is 1.07. The number of ether oxygens (including phenoxy) is 1. The molecule has 3 fully saturated rings. The third kappa shape index (κ3) is 0.751. The molecule has 1 spiro atoms. The third-order valence-electron chi connectivity index (χ3n) is 2.95. The van der Waals surface area contributed by atoms with E-state index >= 15 is 0 Å². The van der Waals surface area contributed by atoms with Gasteiger partial charge in [0, 0.05) is 10.5 Å². The van der Waals surface area contributed by atoms with Gasteiger partial charge in [0.1, 0.15) is 0 Å². The van der Waals surface area contributed by atoms with Crippen LogP contribution in [0.25, 0.3) is 0 Å². The first kappa shape index (κ1) is 5.90. The zero-order valence-electron chi connectivity index (χ0n) is 6.01. The molecule has 0 aromatic rings. The molecule has 0 radical (unpaired) electrons. The molecule has 1 unspecified atom stereocenters. The summed E-state index contributed by atoms with van der Waals surface area (Å²) < 4.78 is 5.50. The molecule has 3 atom stereocenters. The molecule has 0 aromatic carbocycles. The fourth-order valence-electron chi connectivity index (χ4n) is 2.33. The first-order chi connectivity index (χ1) is 4.86. The van der Waals surface area contributed by atoms with Crippen molar-refractivity contribution in [2.75, 3.05) is 6.61 Å². The van der Waals surface area contributed by atoms with Crippen LogP contribution in [0.15, 0.2) is 0 Å². The first-order valence-electron chi connectivity index (χ1n) is 4.16. The first-order valence-corrected chi connectivity index (χ1v) is 5.10. The lowest BCUT2D eigenvalue weighted by molar-refractivity contribution is 0.275. The summed E-state index contributed by atoms with van der Waals surface area (Å²) in [5.41, 5.74) is 0.414. The molecule has 0 amide bonds. The molecule has 0 N–H and O–H groups in total. The molecule has 3 aliphatic heterocycles. The van der Waals surface area contributed by atoms with E-state index in [0.29, 0.717) is 5.60 Å². The molecular weight excluding hydrogens is 144 g/mol. The van der Waals surface area contributed by atoms with Crippen LogP contribution in [0.3, 0.4) is 0 Å². The van der Waals surface area contributed by atoms with E-state index in [1.165, 1.54) is 25.7 Å². The summed E-state index contributed by atoms with van der Waals surface area (Å²) in [4.78, 5) is 0. The Labute approximate surface area is 65.5 Å². The minimum atomic E-state index is 0.414. The highest BCUT2D eigenvalue weighted by Gasteiger charge is 2.53. The zero-order chi connectivity index (χ0) is 6.60. The van der Waals surface area contributed by atoms with Crippen LogP contribution in [0.2, 0.25) is 0 Å². The molecule has 2 bridgehead atoms. The van der Waals surface area contributed by atoms with E-state index in [0.717, 1.165) is 17.1 Å². The molecule has 0 saturated carbocycles. The number of thioether (sulfide) groups is 1. The summed E-state index contributed by atoms with van der Waals surface area (Å²) in [5.74, 6) is 0. The Kier molecular flexibility index (Phi) is 1.02. The van der Waals surface area contributed by atoms with Gasteiger partial charge in [-0.2, -0.15) is 11.8 Å². The summed E-state index contributed by atoms with van der Waals surface area (Å²) in [5, 5.41) is 1.92. The van der Waals surface area contributed by atoms with Gasteiger partial charge in [0.05, 0.1) is 12.2 Å². The maximum Gasteiger partial charge on any atom is 0.0937 e. The molecule has 2 heteroatoms. The maximum atomic E-state index is 5.50. The number of hydrogen-bond donors (Lipinski definition) is 0. The lowest BCUT2D eigenvalue weighted by Gasteiger charge is -2.23. The quantitative estimate of drug-likeness (QED) is 0.496. The van der Waals surface area contributed by atoms with Crippen LogP contribution in [0.4, 0.5) is 0 Å². The monoisotopic (exact) mass is 156 g/mol. The highest BCUT2D eigenvalue weighted by molar-refractivity contribution is 8.00. The fraction of sp³-hybridized carbons (Fsp3) is 1.00. The minimum Gasteiger partial charge on any atom is -0.370 e. The molecule has 0 aliphatic carbocycles. The van der Waals surface area contributed by atoms with Crippen molar-refractivity contribution in [1.82, 2.24) is 0 Å². The molecular formula is C8H12OS. The second-order valence-electron chi connectivity index (χ2n) is 3.84. The third-order valence-corrected chi connectivity index (χ3v) is 4.52. The highest BCUT2D eigenvalue weighted by Crippen LogP contribution is 2.53. The molecule has 0 aromatic heterocycles. The number of epoxide rings is 1. The number of rotatable bonds is 0. The molecule has 56 valence electrons. The van der Waals surface area contributed by atoms with Gasteiger partial charge in [-0.15, -0.1) is 0 Å². The second kappa shape index (κ2) is 1.72. The van der Waals surface area contributed by atoms with Crippen LogP contribution < -0.4 is 0 Å². The van der Waals surface area contributed by atoms with Crippen molar-refractivity contribution >= 4 is 11.8 Å². The predicted molar refractivity (Wildman–Crippen MR) is 42.3 cm³/mol. The topological polar surface area (TPSA) is 12.5 Å². The van der Waals surface area contributed by atoms with Crippen molar-refractivity contribution in [2.45, 2.75) is 41.8 Å². The van der Waals surface area contributed by atoms with Crippen LogP contribution >= 0.6 is 11.8 Å². The van der Waals surface area contributed by atoms with Crippen molar-refractivity contribution < 1.29 is 4.74 Å². The molecule has 3 rings (SSSR count). The molecule has 10 heavy (non-hydrogen) atoms. The van der Waals surface area contributed by atoms with Crippen molar-refractivity contribution in [3.8, 4) is 0 Å². The zero-order valence-corrected chi connectivity index (χ0v) is 6.82. The average Bonchev–Trinajstić information content (AvgIpc) is 2.56. The van der Waals surface area contributed by atoms with E-state index in [1.807, 2.05) is 0 Å². The van der Waals surface area contributed by atoms with Gasteiger partial charge in [-0.05, 0) is 25.7 Å². The van der Waals surface area contributed by atoms with E-state index in [-0.39, 0.29) is 0 Å². The van der Waals surface area contributed by atoms with E-state index < -0.39 is 0 Å². The van der Waals surface area contributed by atoms with Gasteiger partial charge in [0.2, 0.25) is 0 Å². The van der Waals surface area contributed by atoms with Gasteiger partial charge < -0.3 is 4.74 Å². The SMILES string of the molecule is C1C[C@H]2CC3(CO3)C[C@@H]1S2. The molecule has 3 saturated heterocycles. The summed E-state index contributed by atoms with van der Waals surface area (Å²) in [6.07, 6.45) is 5.63. The van der Waals surface area contributed by atoms with E-state index in [4.69, 9.17) is 4.74 Å². The van der Waals surface area contributed by atoms with E-state index in [1.54, 1.807) is 0 Å². The Bertz CT molecular complexity index is 151. The Hall–Kier alpha value is 0.310. The van der Waals surface area contributed by atoms with Crippen molar-refractivity contribution in [1.29, 1.82) is 0 Å². The Morgan fingerprint density at radius 3 is 2.30 bits per heavy atom. The van der Waals surface area contributed by atoms with Crippen molar-refractivity contribution in [3.63, 3.8) is 0 Å². The molecule has 3 heterocycles. The van der Waals surface area contributed by atoms with Crippen molar-refractivity contribution in [3.05, 3.63) is 0 Å². The standard InChI is InChI=1S/C8H12OS/c1-2-7-4-8(5-9-8)3-6(1)10-7/h6-7H,1-5H2/t6-,7+,8?. The van der Waals surface area contributed by atoms with E-state index in [9.17, 15) is 0 Å². The molecule has 3 aliphatic rings. The number of hydrogen-bond acceptors (Lipinski definition) is 2. The lowest BCUT2D eigenvalue weighted by atomic mass is 10.0. The maximum absolute atomic E-state index is 5.50. The Balaban J connectivity index is 1.84. The highest BCUT2D eigenvalue weighted by atomic mass is 32.2. The average molecular weight is 156 g/mol. The Morgan fingerprint density at radius 2 is 1.80 bits per heavy atom. The van der Waals surface area contributed by atoms with Crippen LogP contribution in [-0.2, 0) is 4.74 Å². The van der Waals surface area contributed by atoms with Gasteiger partial charge in [-0.1, -0.05) is 0 Å². The smallest absolute Gasteiger partial charge is 0.0937 e. The van der Waals surface area contributed by atoms with Gasteiger partial charge in [-0.25, -0.2) is 0 Å². The van der Waals surface area contributed by atoms with Crippen LogP contribution in [0.5, 0.6) is 0 Å². The van der Waals surface area contributed by atoms with Crippen LogP contribution in [-0.4, -0.2) is 22.7 Å². The normalized spacial score (nSPS) is 57.6. The van der Waals surface area contributed by atoms with Gasteiger partial charge in [0.15, 0.2) is 0 Å².